The van der Waals surface area contributed by atoms with Crippen molar-refractivity contribution in [1.29, 1.82) is 0 Å². The van der Waals surface area contributed by atoms with Crippen LogP contribution >= 0.6 is 0 Å². The molecule has 0 aromatic rings. The number of hydrogen-bond donors (Lipinski definition) is 3. The summed E-state index contributed by atoms with van der Waals surface area (Å²) in [5.74, 6) is -0.00694. The van der Waals surface area contributed by atoms with Gasteiger partial charge in [0.15, 0.2) is 0 Å². The molecule has 0 aromatic heterocycles. The highest BCUT2D eigenvalue weighted by Crippen LogP contribution is 2.57. The van der Waals surface area contributed by atoms with Gasteiger partial charge >= 0.3 is 0 Å². The molecule has 0 unspecified atom stereocenters. The van der Waals surface area contributed by atoms with Gasteiger partial charge < -0.3 is 15.3 Å². The van der Waals surface area contributed by atoms with Crippen molar-refractivity contribution in [2.45, 2.75) is 64.8 Å². The molecule has 2 aliphatic carbocycles. The minimum atomic E-state index is -0.773. The zero-order valence-electron chi connectivity index (χ0n) is 10.5. The third-order valence-electron chi connectivity index (χ3n) is 5.05. The molecule has 0 spiro atoms. The summed E-state index contributed by atoms with van der Waals surface area (Å²) >= 11 is 0. The fourth-order valence-electron chi connectivity index (χ4n) is 4.21. The smallest absolute Gasteiger partial charge is 0.0839 e. The molecule has 2 aliphatic rings. The van der Waals surface area contributed by atoms with E-state index in [9.17, 15) is 15.3 Å². The fraction of sp³-hybridized carbons (Fsp3) is 1.00. The van der Waals surface area contributed by atoms with E-state index in [1.807, 2.05) is 0 Å². The van der Waals surface area contributed by atoms with E-state index in [4.69, 9.17) is 0 Å². The molecule has 16 heavy (non-hydrogen) atoms. The molecule has 5 atom stereocenters. The largest absolute Gasteiger partial charge is 0.392 e. The molecule has 94 valence electrons. The van der Waals surface area contributed by atoms with Crippen molar-refractivity contribution in [1.82, 2.24) is 0 Å². The summed E-state index contributed by atoms with van der Waals surface area (Å²) in [5.41, 5.74) is -0.241. The average Bonchev–Trinajstić information content (AvgIpc) is 2.13. The molecule has 0 bridgehead atoms. The van der Waals surface area contributed by atoms with E-state index < -0.39 is 18.3 Å². The summed E-state index contributed by atoms with van der Waals surface area (Å²) in [4.78, 5) is 0. The Morgan fingerprint density at radius 3 is 2.25 bits per heavy atom. The van der Waals surface area contributed by atoms with Crippen LogP contribution < -0.4 is 0 Å². The van der Waals surface area contributed by atoms with E-state index in [1.165, 1.54) is 0 Å². The molecule has 2 fully saturated rings. The van der Waals surface area contributed by atoms with Gasteiger partial charge in [-0.25, -0.2) is 0 Å². The van der Waals surface area contributed by atoms with Gasteiger partial charge in [0.25, 0.3) is 0 Å². The Bertz CT molecular complexity index is 276. The lowest BCUT2D eigenvalue weighted by molar-refractivity contribution is -0.204. The third-order valence-corrected chi connectivity index (χ3v) is 5.05. The predicted molar refractivity (Wildman–Crippen MR) is 61.9 cm³/mol. The van der Waals surface area contributed by atoms with Gasteiger partial charge in [-0.05, 0) is 23.7 Å². The summed E-state index contributed by atoms with van der Waals surface area (Å²) in [6.07, 6.45) is 1.46. The van der Waals surface area contributed by atoms with Crippen LogP contribution in [-0.2, 0) is 0 Å². The molecule has 3 heteroatoms. The minimum absolute atomic E-state index is 0.00516. The monoisotopic (exact) mass is 228 g/mol. The molecule has 2 rings (SSSR count). The summed E-state index contributed by atoms with van der Waals surface area (Å²) in [6.45, 7) is 6.35. The maximum atomic E-state index is 10.2. The van der Waals surface area contributed by atoms with Crippen LogP contribution in [0.2, 0.25) is 0 Å². The maximum absolute atomic E-state index is 10.2. The van der Waals surface area contributed by atoms with Crippen molar-refractivity contribution in [3.8, 4) is 0 Å². The first-order valence-corrected chi connectivity index (χ1v) is 6.33. The van der Waals surface area contributed by atoms with Crippen molar-refractivity contribution in [2.24, 2.45) is 16.7 Å². The first-order valence-electron chi connectivity index (χ1n) is 6.33. The van der Waals surface area contributed by atoms with Crippen molar-refractivity contribution >= 4 is 0 Å². The first-order chi connectivity index (χ1) is 7.29. The zero-order chi connectivity index (χ0) is 12.1. The number of fused-ring (bicyclic) bond motifs is 1. The highest BCUT2D eigenvalue weighted by Gasteiger charge is 2.57. The van der Waals surface area contributed by atoms with E-state index in [0.29, 0.717) is 6.42 Å². The standard InChI is InChI=1S/C13H24O3/c1-12(2)5-4-6-13(3)9(15)7-8(14)10(16)11(12)13/h8-11,14-16H,4-7H2,1-3H3/t8-,9-,10-,11-,13+/m0/s1. The van der Waals surface area contributed by atoms with E-state index in [0.717, 1.165) is 19.3 Å². The summed E-state index contributed by atoms with van der Waals surface area (Å²) in [7, 11) is 0. The number of rotatable bonds is 0. The second-order valence-corrected chi connectivity index (χ2v) is 6.64. The Morgan fingerprint density at radius 1 is 1.00 bits per heavy atom. The van der Waals surface area contributed by atoms with Crippen LogP contribution in [0.4, 0.5) is 0 Å². The number of hydrogen-bond acceptors (Lipinski definition) is 3. The normalized spacial score (nSPS) is 52.1. The number of aliphatic hydroxyl groups excluding tert-OH is 3. The average molecular weight is 228 g/mol. The molecular weight excluding hydrogens is 204 g/mol. The molecule has 0 radical (unpaired) electrons. The van der Waals surface area contributed by atoms with Crippen molar-refractivity contribution in [3.05, 3.63) is 0 Å². The van der Waals surface area contributed by atoms with Gasteiger partial charge in [0.2, 0.25) is 0 Å². The van der Waals surface area contributed by atoms with Crippen LogP contribution in [0, 0.1) is 16.7 Å². The van der Waals surface area contributed by atoms with Crippen LogP contribution in [-0.4, -0.2) is 33.6 Å². The Hall–Kier alpha value is -0.120. The van der Waals surface area contributed by atoms with Gasteiger partial charge in [-0.3, -0.25) is 0 Å². The van der Waals surface area contributed by atoms with Crippen LogP contribution in [0.3, 0.4) is 0 Å². The Kier molecular flexibility index (Phi) is 2.84. The topological polar surface area (TPSA) is 60.7 Å². The molecule has 2 saturated carbocycles. The van der Waals surface area contributed by atoms with Crippen LogP contribution in [0.5, 0.6) is 0 Å². The van der Waals surface area contributed by atoms with Crippen LogP contribution in [0.1, 0.15) is 46.5 Å². The molecule has 3 N–H and O–H groups in total. The van der Waals surface area contributed by atoms with Gasteiger partial charge in [-0.2, -0.15) is 0 Å². The minimum Gasteiger partial charge on any atom is -0.392 e. The van der Waals surface area contributed by atoms with Gasteiger partial charge in [-0.1, -0.05) is 27.2 Å². The highest BCUT2D eigenvalue weighted by molar-refractivity contribution is 5.07. The Labute approximate surface area is 97.5 Å². The molecule has 0 saturated heterocycles. The zero-order valence-corrected chi connectivity index (χ0v) is 10.5. The predicted octanol–water partition coefficient (Wildman–Crippen LogP) is 1.31. The van der Waals surface area contributed by atoms with Crippen molar-refractivity contribution < 1.29 is 15.3 Å². The van der Waals surface area contributed by atoms with E-state index in [-0.39, 0.29) is 16.7 Å². The summed E-state index contributed by atoms with van der Waals surface area (Å²) in [5, 5.41) is 30.3. The lowest BCUT2D eigenvalue weighted by Crippen LogP contribution is -2.61. The molecular formula is C13H24O3. The van der Waals surface area contributed by atoms with Crippen LogP contribution in [0.25, 0.3) is 0 Å². The second kappa shape index (κ2) is 3.69. The van der Waals surface area contributed by atoms with E-state index >= 15 is 0 Å². The summed E-state index contributed by atoms with van der Waals surface area (Å²) < 4.78 is 0. The SMILES string of the molecule is CC1(C)CCC[C@]2(C)[C@@H](O)C[C@H](O)[C@H](O)[C@@H]12. The maximum Gasteiger partial charge on any atom is 0.0839 e. The highest BCUT2D eigenvalue weighted by atomic mass is 16.3. The summed E-state index contributed by atoms with van der Waals surface area (Å²) in [6, 6.07) is 0. The van der Waals surface area contributed by atoms with Gasteiger partial charge in [0, 0.05) is 12.3 Å². The van der Waals surface area contributed by atoms with E-state index in [2.05, 4.69) is 20.8 Å². The lowest BCUT2D eigenvalue weighted by atomic mass is 9.49. The first kappa shape index (κ1) is 12.3. The number of aliphatic hydroxyl groups is 3. The molecule has 0 aliphatic heterocycles. The van der Waals surface area contributed by atoms with E-state index in [1.54, 1.807) is 0 Å². The Morgan fingerprint density at radius 2 is 1.62 bits per heavy atom. The fourth-order valence-corrected chi connectivity index (χ4v) is 4.21. The van der Waals surface area contributed by atoms with Crippen LogP contribution in [0.15, 0.2) is 0 Å². The van der Waals surface area contributed by atoms with Gasteiger partial charge in [-0.15, -0.1) is 0 Å². The quantitative estimate of drug-likeness (QED) is 0.586. The molecule has 0 aromatic carbocycles. The molecule has 0 heterocycles. The third kappa shape index (κ3) is 1.60. The molecule has 3 nitrogen and oxygen atoms in total. The van der Waals surface area contributed by atoms with Crippen molar-refractivity contribution in [3.63, 3.8) is 0 Å². The lowest BCUT2D eigenvalue weighted by Gasteiger charge is -2.58. The second-order valence-electron chi connectivity index (χ2n) is 6.64. The van der Waals surface area contributed by atoms with Gasteiger partial charge in [0.1, 0.15) is 0 Å². The molecule has 0 amide bonds. The van der Waals surface area contributed by atoms with Crippen molar-refractivity contribution in [2.75, 3.05) is 0 Å². The Balaban J connectivity index is 2.38. The van der Waals surface area contributed by atoms with Gasteiger partial charge in [0.05, 0.1) is 18.3 Å².